The summed E-state index contributed by atoms with van der Waals surface area (Å²) < 4.78 is 6.91. The van der Waals surface area contributed by atoms with Crippen LogP contribution in [0.3, 0.4) is 0 Å². The van der Waals surface area contributed by atoms with E-state index in [1.54, 1.807) is 11.8 Å². The predicted octanol–water partition coefficient (Wildman–Crippen LogP) is 1.06. The maximum Gasteiger partial charge on any atom is 0.223 e. The van der Waals surface area contributed by atoms with Crippen molar-refractivity contribution in [1.82, 2.24) is 24.6 Å². The van der Waals surface area contributed by atoms with Gasteiger partial charge in [-0.3, -0.25) is 9.48 Å². The van der Waals surface area contributed by atoms with Crippen molar-refractivity contribution in [1.29, 1.82) is 0 Å². The number of ether oxygens (including phenoxy) is 1. The van der Waals surface area contributed by atoms with Gasteiger partial charge in [-0.25, -0.2) is 9.97 Å². The average Bonchev–Trinajstić information content (AvgIpc) is 3.08. The summed E-state index contributed by atoms with van der Waals surface area (Å²) in [7, 11) is 3.48. The van der Waals surface area contributed by atoms with E-state index in [0.29, 0.717) is 25.4 Å². The smallest absolute Gasteiger partial charge is 0.223 e. The molecule has 0 aromatic carbocycles. The first-order valence-corrected chi connectivity index (χ1v) is 8.44. The first kappa shape index (κ1) is 17.2. The van der Waals surface area contributed by atoms with Gasteiger partial charge >= 0.3 is 0 Å². The Bertz CT molecular complexity index is 723. The minimum Gasteiger partial charge on any atom is -0.481 e. The number of aromatic nitrogens is 4. The standard InChI is InChI=1S/C17H24N6O2/c1-13(14-10-20-21(2)11-14)8-17(24)23-6-4-22(5-7-23)15-9-16(25-3)19-12-18-15/h9-13H,4-8H2,1-3H3. The van der Waals surface area contributed by atoms with Gasteiger partial charge in [-0.05, 0) is 11.5 Å². The summed E-state index contributed by atoms with van der Waals surface area (Å²) in [4.78, 5) is 25.0. The molecule has 3 rings (SSSR count). The lowest BCUT2D eigenvalue weighted by molar-refractivity contribution is -0.131. The number of aryl methyl sites for hydroxylation is 1. The van der Waals surface area contributed by atoms with Crippen molar-refractivity contribution < 1.29 is 9.53 Å². The number of piperazine rings is 1. The monoisotopic (exact) mass is 344 g/mol. The third kappa shape index (κ3) is 4.07. The van der Waals surface area contributed by atoms with Crippen LogP contribution in [0.2, 0.25) is 0 Å². The topological polar surface area (TPSA) is 76.4 Å². The highest BCUT2D eigenvalue weighted by Gasteiger charge is 2.24. The molecule has 0 bridgehead atoms. The van der Waals surface area contributed by atoms with E-state index in [-0.39, 0.29) is 11.8 Å². The van der Waals surface area contributed by atoms with Crippen LogP contribution in [0.15, 0.2) is 24.8 Å². The Hall–Kier alpha value is -2.64. The molecule has 134 valence electrons. The number of anilines is 1. The molecule has 1 unspecified atom stereocenters. The maximum absolute atomic E-state index is 12.6. The molecular weight excluding hydrogens is 320 g/mol. The summed E-state index contributed by atoms with van der Waals surface area (Å²) in [5.41, 5.74) is 1.10. The van der Waals surface area contributed by atoms with Crippen LogP contribution < -0.4 is 9.64 Å². The van der Waals surface area contributed by atoms with E-state index in [9.17, 15) is 4.79 Å². The van der Waals surface area contributed by atoms with Crippen molar-refractivity contribution in [3.05, 3.63) is 30.4 Å². The van der Waals surface area contributed by atoms with Crippen molar-refractivity contribution in [2.24, 2.45) is 7.05 Å². The molecule has 2 aromatic rings. The van der Waals surface area contributed by atoms with Crippen molar-refractivity contribution in [2.45, 2.75) is 19.3 Å². The van der Waals surface area contributed by atoms with Crippen molar-refractivity contribution in [3.8, 4) is 5.88 Å². The molecule has 1 amide bonds. The van der Waals surface area contributed by atoms with E-state index in [4.69, 9.17) is 4.74 Å². The zero-order valence-corrected chi connectivity index (χ0v) is 14.9. The number of carbonyl (C=O) groups excluding carboxylic acids is 1. The Morgan fingerprint density at radius 3 is 2.68 bits per heavy atom. The molecule has 8 nitrogen and oxygen atoms in total. The molecule has 25 heavy (non-hydrogen) atoms. The Morgan fingerprint density at radius 1 is 1.28 bits per heavy atom. The number of amides is 1. The molecule has 1 fully saturated rings. The Balaban J connectivity index is 1.53. The van der Waals surface area contributed by atoms with Crippen LogP contribution >= 0.6 is 0 Å². The van der Waals surface area contributed by atoms with E-state index in [1.165, 1.54) is 6.33 Å². The number of nitrogens with zero attached hydrogens (tertiary/aromatic N) is 6. The predicted molar refractivity (Wildman–Crippen MR) is 93.6 cm³/mol. The highest BCUT2D eigenvalue weighted by atomic mass is 16.5. The molecule has 1 atom stereocenters. The molecule has 0 radical (unpaired) electrons. The van der Waals surface area contributed by atoms with Gasteiger partial charge in [0.2, 0.25) is 11.8 Å². The molecule has 1 saturated heterocycles. The van der Waals surface area contributed by atoms with Gasteiger partial charge in [0, 0.05) is 51.9 Å². The van der Waals surface area contributed by atoms with E-state index in [2.05, 4.69) is 26.9 Å². The van der Waals surface area contributed by atoms with Gasteiger partial charge in [0.25, 0.3) is 0 Å². The highest BCUT2D eigenvalue weighted by molar-refractivity contribution is 5.77. The molecular formula is C17H24N6O2. The van der Waals surface area contributed by atoms with Crippen LogP contribution in [-0.4, -0.2) is 63.8 Å². The van der Waals surface area contributed by atoms with Crippen LogP contribution in [0, 0.1) is 0 Å². The zero-order chi connectivity index (χ0) is 17.8. The Kier molecular flexibility index (Phi) is 5.16. The first-order chi connectivity index (χ1) is 12.1. The second kappa shape index (κ2) is 7.50. The SMILES string of the molecule is COc1cc(N2CCN(C(=O)CC(C)c3cnn(C)c3)CC2)ncn1. The number of hydrogen-bond acceptors (Lipinski definition) is 6. The van der Waals surface area contributed by atoms with Crippen LogP contribution in [0.1, 0.15) is 24.8 Å². The van der Waals surface area contributed by atoms with Crippen LogP contribution in [-0.2, 0) is 11.8 Å². The summed E-state index contributed by atoms with van der Waals surface area (Å²) >= 11 is 0. The Labute approximate surface area is 147 Å². The van der Waals surface area contributed by atoms with Crippen LogP contribution in [0.25, 0.3) is 0 Å². The second-order valence-corrected chi connectivity index (χ2v) is 6.34. The van der Waals surface area contributed by atoms with Crippen LogP contribution in [0.4, 0.5) is 5.82 Å². The summed E-state index contributed by atoms with van der Waals surface area (Å²) in [6.07, 6.45) is 5.81. The molecule has 0 spiro atoms. The fourth-order valence-corrected chi connectivity index (χ4v) is 3.00. The van der Waals surface area contributed by atoms with Gasteiger partial charge in [0.1, 0.15) is 12.1 Å². The summed E-state index contributed by atoms with van der Waals surface area (Å²) in [6.45, 7) is 4.98. The second-order valence-electron chi connectivity index (χ2n) is 6.34. The summed E-state index contributed by atoms with van der Waals surface area (Å²) in [6, 6.07) is 1.82. The fourth-order valence-electron chi connectivity index (χ4n) is 3.00. The van der Waals surface area contributed by atoms with Gasteiger partial charge in [0.05, 0.1) is 13.3 Å². The Morgan fingerprint density at radius 2 is 2.04 bits per heavy atom. The molecule has 0 aliphatic carbocycles. The maximum atomic E-state index is 12.6. The molecule has 0 N–H and O–H groups in total. The lowest BCUT2D eigenvalue weighted by atomic mass is 10.0. The minimum atomic E-state index is 0.172. The number of methoxy groups -OCH3 is 1. The first-order valence-electron chi connectivity index (χ1n) is 8.44. The van der Waals surface area contributed by atoms with Gasteiger partial charge < -0.3 is 14.5 Å². The van der Waals surface area contributed by atoms with Gasteiger partial charge in [-0.1, -0.05) is 6.92 Å². The summed E-state index contributed by atoms with van der Waals surface area (Å²) in [5, 5.41) is 4.18. The van der Waals surface area contributed by atoms with Crippen molar-refractivity contribution >= 4 is 11.7 Å². The normalized spacial score (nSPS) is 16.0. The van der Waals surface area contributed by atoms with E-state index >= 15 is 0 Å². The lowest BCUT2D eigenvalue weighted by Gasteiger charge is -2.35. The van der Waals surface area contributed by atoms with E-state index in [0.717, 1.165) is 24.5 Å². The molecule has 0 saturated carbocycles. The van der Waals surface area contributed by atoms with E-state index < -0.39 is 0 Å². The quantitative estimate of drug-likeness (QED) is 0.807. The molecule has 1 aliphatic heterocycles. The summed E-state index contributed by atoms with van der Waals surface area (Å²) in [5.74, 6) is 1.75. The minimum absolute atomic E-state index is 0.172. The average molecular weight is 344 g/mol. The van der Waals surface area contributed by atoms with Gasteiger partial charge in [0.15, 0.2) is 0 Å². The fraction of sp³-hybridized carbons (Fsp3) is 0.529. The number of rotatable bonds is 5. The zero-order valence-electron chi connectivity index (χ0n) is 14.9. The molecule has 2 aromatic heterocycles. The largest absolute Gasteiger partial charge is 0.481 e. The van der Waals surface area contributed by atoms with Crippen molar-refractivity contribution in [2.75, 3.05) is 38.2 Å². The number of hydrogen-bond donors (Lipinski definition) is 0. The third-order valence-corrected chi connectivity index (χ3v) is 4.57. The lowest BCUT2D eigenvalue weighted by Crippen LogP contribution is -2.49. The van der Waals surface area contributed by atoms with Crippen molar-refractivity contribution in [3.63, 3.8) is 0 Å². The molecule has 8 heteroatoms. The van der Waals surface area contributed by atoms with Crippen LogP contribution in [0.5, 0.6) is 5.88 Å². The highest BCUT2D eigenvalue weighted by Crippen LogP contribution is 2.21. The van der Waals surface area contributed by atoms with Gasteiger partial charge in [-0.15, -0.1) is 0 Å². The van der Waals surface area contributed by atoms with E-state index in [1.807, 2.05) is 30.4 Å². The molecule has 3 heterocycles. The third-order valence-electron chi connectivity index (χ3n) is 4.57. The number of carbonyl (C=O) groups is 1. The molecule has 1 aliphatic rings. The van der Waals surface area contributed by atoms with Gasteiger partial charge in [-0.2, -0.15) is 5.10 Å².